The van der Waals surface area contributed by atoms with Crippen LogP contribution in [0.5, 0.6) is 0 Å². The molecule has 100 valence electrons. The molecule has 1 fully saturated rings. The number of benzene rings is 1. The van der Waals surface area contributed by atoms with Crippen molar-refractivity contribution in [3.8, 4) is 0 Å². The van der Waals surface area contributed by atoms with Gasteiger partial charge in [0.2, 0.25) is 0 Å². The van der Waals surface area contributed by atoms with E-state index in [1.165, 1.54) is 12.8 Å². The molecule has 2 N–H and O–H groups in total. The molecule has 0 saturated carbocycles. The Kier molecular flexibility index (Phi) is 3.91. The number of aryl methyl sites for hydroxylation is 1. The molecule has 1 saturated heterocycles. The maximum atomic E-state index is 13.7. The molecule has 2 unspecified atom stereocenters. The van der Waals surface area contributed by atoms with E-state index in [0.29, 0.717) is 11.6 Å². The summed E-state index contributed by atoms with van der Waals surface area (Å²) in [5.74, 6) is -0.154. The fourth-order valence-electron chi connectivity index (χ4n) is 2.87. The first-order valence-electron chi connectivity index (χ1n) is 6.86. The second kappa shape index (κ2) is 5.27. The van der Waals surface area contributed by atoms with Gasteiger partial charge in [-0.1, -0.05) is 6.92 Å². The van der Waals surface area contributed by atoms with Gasteiger partial charge in [-0.2, -0.15) is 0 Å². The summed E-state index contributed by atoms with van der Waals surface area (Å²) in [7, 11) is 0. The van der Waals surface area contributed by atoms with Crippen molar-refractivity contribution in [1.29, 1.82) is 0 Å². The van der Waals surface area contributed by atoms with Crippen LogP contribution in [0.15, 0.2) is 12.1 Å². The van der Waals surface area contributed by atoms with Crippen LogP contribution in [0.3, 0.4) is 0 Å². The lowest BCUT2D eigenvalue weighted by molar-refractivity contribution is 0.608. The van der Waals surface area contributed by atoms with E-state index in [2.05, 4.69) is 11.8 Å². The number of rotatable bonds is 3. The number of halogens is 1. The zero-order valence-corrected chi connectivity index (χ0v) is 11.5. The average molecular weight is 250 g/mol. The number of nitrogens with two attached hydrogens (primary N) is 1. The first-order chi connectivity index (χ1) is 8.54. The molecule has 2 atom stereocenters. The van der Waals surface area contributed by atoms with Crippen LogP contribution in [0.2, 0.25) is 0 Å². The van der Waals surface area contributed by atoms with Crippen molar-refractivity contribution >= 4 is 5.69 Å². The second-order valence-corrected chi connectivity index (χ2v) is 5.35. The van der Waals surface area contributed by atoms with Crippen molar-refractivity contribution in [1.82, 2.24) is 0 Å². The summed E-state index contributed by atoms with van der Waals surface area (Å²) in [6.45, 7) is 7.01. The smallest absolute Gasteiger partial charge is 0.126 e. The van der Waals surface area contributed by atoms with Gasteiger partial charge in [0.1, 0.15) is 5.82 Å². The Balaban J connectivity index is 2.45. The molecule has 1 aliphatic heterocycles. The molecule has 1 heterocycles. The first kappa shape index (κ1) is 13.3. The molecule has 0 bridgehead atoms. The van der Waals surface area contributed by atoms with Crippen molar-refractivity contribution in [3.05, 3.63) is 29.1 Å². The van der Waals surface area contributed by atoms with Crippen molar-refractivity contribution in [2.45, 2.75) is 52.1 Å². The summed E-state index contributed by atoms with van der Waals surface area (Å²) >= 11 is 0. The highest BCUT2D eigenvalue weighted by molar-refractivity contribution is 5.58. The topological polar surface area (TPSA) is 29.3 Å². The van der Waals surface area contributed by atoms with E-state index < -0.39 is 0 Å². The van der Waals surface area contributed by atoms with Gasteiger partial charge in [-0.25, -0.2) is 4.39 Å². The number of hydrogen-bond donors (Lipinski definition) is 1. The Labute approximate surface area is 109 Å². The van der Waals surface area contributed by atoms with Crippen molar-refractivity contribution in [3.63, 3.8) is 0 Å². The quantitative estimate of drug-likeness (QED) is 0.889. The van der Waals surface area contributed by atoms with E-state index in [4.69, 9.17) is 5.73 Å². The van der Waals surface area contributed by atoms with Crippen LogP contribution >= 0.6 is 0 Å². The molecule has 2 nitrogen and oxygen atoms in total. The Hall–Kier alpha value is -1.09. The maximum absolute atomic E-state index is 13.7. The fraction of sp³-hybridized carbons (Fsp3) is 0.600. The third-order valence-electron chi connectivity index (χ3n) is 3.96. The SMILES string of the molecule is CCC1CCCN1c1cc(C)c(F)cc1C(C)N. The Morgan fingerprint density at radius 2 is 2.22 bits per heavy atom. The van der Waals surface area contributed by atoms with E-state index >= 15 is 0 Å². The molecule has 18 heavy (non-hydrogen) atoms. The maximum Gasteiger partial charge on any atom is 0.126 e. The van der Waals surface area contributed by atoms with Crippen molar-refractivity contribution in [2.24, 2.45) is 5.73 Å². The molecule has 0 radical (unpaired) electrons. The summed E-state index contributed by atoms with van der Waals surface area (Å²) in [6.07, 6.45) is 3.58. The Morgan fingerprint density at radius 3 is 2.83 bits per heavy atom. The predicted molar refractivity (Wildman–Crippen MR) is 74.4 cm³/mol. The standard InChI is InChI=1S/C15H23FN2/c1-4-12-6-5-7-18(12)15-8-10(2)14(16)9-13(15)11(3)17/h8-9,11-12H,4-7,17H2,1-3H3. The van der Waals surface area contributed by atoms with E-state index in [0.717, 1.165) is 24.2 Å². The second-order valence-electron chi connectivity index (χ2n) is 5.35. The highest BCUT2D eigenvalue weighted by Gasteiger charge is 2.26. The molecular formula is C15H23FN2. The van der Waals surface area contributed by atoms with Gasteiger partial charge in [-0.15, -0.1) is 0 Å². The molecule has 2 rings (SSSR count). The number of nitrogens with zero attached hydrogens (tertiary/aromatic N) is 1. The van der Waals surface area contributed by atoms with E-state index in [1.54, 1.807) is 6.07 Å². The number of hydrogen-bond acceptors (Lipinski definition) is 2. The van der Waals surface area contributed by atoms with Gasteiger partial charge >= 0.3 is 0 Å². The molecule has 1 aliphatic rings. The van der Waals surface area contributed by atoms with Crippen LogP contribution in [0, 0.1) is 12.7 Å². The zero-order valence-electron chi connectivity index (χ0n) is 11.5. The summed E-state index contributed by atoms with van der Waals surface area (Å²) < 4.78 is 13.7. The van der Waals surface area contributed by atoms with E-state index in [1.807, 2.05) is 19.9 Å². The molecule has 0 amide bonds. The van der Waals surface area contributed by atoms with Gasteiger partial charge in [0.15, 0.2) is 0 Å². The lowest BCUT2D eigenvalue weighted by atomic mass is 10.0. The fourth-order valence-corrected chi connectivity index (χ4v) is 2.87. The lowest BCUT2D eigenvalue weighted by Crippen LogP contribution is -2.30. The molecule has 0 aliphatic carbocycles. The van der Waals surface area contributed by atoms with Crippen LogP contribution in [-0.2, 0) is 0 Å². The summed E-state index contributed by atoms with van der Waals surface area (Å²) in [6, 6.07) is 4.02. The normalized spacial score (nSPS) is 21.4. The molecule has 1 aromatic carbocycles. The summed E-state index contributed by atoms with van der Waals surface area (Å²) in [4.78, 5) is 2.41. The van der Waals surface area contributed by atoms with Crippen LogP contribution in [0.4, 0.5) is 10.1 Å². The third-order valence-corrected chi connectivity index (χ3v) is 3.96. The molecule has 1 aromatic rings. The highest BCUT2D eigenvalue weighted by atomic mass is 19.1. The van der Waals surface area contributed by atoms with Crippen molar-refractivity contribution in [2.75, 3.05) is 11.4 Å². The van der Waals surface area contributed by atoms with Gasteiger partial charge in [0.25, 0.3) is 0 Å². The highest BCUT2D eigenvalue weighted by Crippen LogP contribution is 2.34. The van der Waals surface area contributed by atoms with Crippen LogP contribution in [-0.4, -0.2) is 12.6 Å². The average Bonchev–Trinajstić information content (AvgIpc) is 2.79. The summed E-state index contributed by atoms with van der Waals surface area (Å²) in [5, 5.41) is 0. The summed E-state index contributed by atoms with van der Waals surface area (Å²) in [5.41, 5.74) is 8.76. The van der Waals surface area contributed by atoms with Gasteiger partial charge in [0, 0.05) is 24.3 Å². The van der Waals surface area contributed by atoms with Gasteiger partial charge in [0.05, 0.1) is 0 Å². The Morgan fingerprint density at radius 1 is 1.50 bits per heavy atom. The van der Waals surface area contributed by atoms with E-state index in [-0.39, 0.29) is 11.9 Å². The largest absolute Gasteiger partial charge is 0.368 e. The van der Waals surface area contributed by atoms with Crippen LogP contribution < -0.4 is 10.6 Å². The monoisotopic (exact) mass is 250 g/mol. The first-order valence-corrected chi connectivity index (χ1v) is 6.86. The molecule has 0 aromatic heterocycles. The predicted octanol–water partition coefficient (Wildman–Crippen LogP) is 3.53. The lowest BCUT2D eigenvalue weighted by Gasteiger charge is -2.29. The zero-order chi connectivity index (χ0) is 13.3. The molecule has 3 heteroatoms. The number of anilines is 1. The molecule has 0 spiro atoms. The van der Waals surface area contributed by atoms with Gasteiger partial charge in [-0.05, 0) is 56.4 Å². The van der Waals surface area contributed by atoms with Crippen LogP contribution in [0.25, 0.3) is 0 Å². The molecular weight excluding hydrogens is 227 g/mol. The third kappa shape index (κ3) is 2.37. The van der Waals surface area contributed by atoms with E-state index in [9.17, 15) is 4.39 Å². The minimum absolute atomic E-state index is 0.131. The van der Waals surface area contributed by atoms with Gasteiger partial charge < -0.3 is 10.6 Å². The minimum atomic E-state index is -0.154. The van der Waals surface area contributed by atoms with Crippen molar-refractivity contribution < 1.29 is 4.39 Å². The van der Waals surface area contributed by atoms with Gasteiger partial charge in [-0.3, -0.25) is 0 Å². The minimum Gasteiger partial charge on any atom is -0.368 e. The Bertz CT molecular complexity index is 429. The van der Waals surface area contributed by atoms with Crippen LogP contribution in [0.1, 0.15) is 50.3 Å².